The van der Waals surface area contributed by atoms with Gasteiger partial charge < -0.3 is 28.4 Å². The summed E-state index contributed by atoms with van der Waals surface area (Å²) in [6, 6.07) is 0. The molecule has 3 unspecified atom stereocenters. The molecule has 0 N–H and O–H groups in total. The fourth-order valence-corrected chi connectivity index (χ4v) is 2.11. The second-order valence-corrected chi connectivity index (χ2v) is 5.69. The molecule has 0 aromatic heterocycles. The summed E-state index contributed by atoms with van der Waals surface area (Å²) in [5.74, 6) is -5.26. The van der Waals surface area contributed by atoms with Crippen LogP contribution in [0, 0.1) is 0 Å². The van der Waals surface area contributed by atoms with Crippen molar-refractivity contribution in [2.24, 2.45) is 0 Å². The van der Waals surface area contributed by atoms with Crippen LogP contribution in [0.15, 0.2) is 0 Å². The third kappa shape index (κ3) is 11.3. The molecule has 12 nitrogen and oxygen atoms in total. The molecule has 164 valence electrons. The molecular formula is C17H24O12. The predicted molar refractivity (Wildman–Crippen MR) is 90.6 cm³/mol. The number of ether oxygens (including phenoxy) is 6. The van der Waals surface area contributed by atoms with E-state index in [1.807, 2.05) is 0 Å². The first kappa shape index (κ1) is 25.8. The zero-order chi connectivity index (χ0) is 22.7. The molecule has 12 heteroatoms. The van der Waals surface area contributed by atoms with Gasteiger partial charge in [-0.1, -0.05) is 0 Å². The van der Waals surface area contributed by atoms with Gasteiger partial charge in [0.25, 0.3) is 6.29 Å². The maximum absolute atomic E-state index is 11.6. The van der Waals surface area contributed by atoms with Gasteiger partial charge in [0.2, 0.25) is 6.10 Å². The molecule has 29 heavy (non-hydrogen) atoms. The lowest BCUT2D eigenvalue weighted by Gasteiger charge is -2.34. The van der Waals surface area contributed by atoms with Crippen molar-refractivity contribution < 1.29 is 57.2 Å². The zero-order valence-electron chi connectivity index (χ0n) is 16.9. The van der Waals surface area contributed by atoms with Crippen LogP contribution in [0.2, 0.25) is 0 Å². The number of hydrogen-bond donors (Lipinski definition) is 0. The lowest BCUT2D eigenvalue weighted by molar-refractivity contribution is -0.237. The molecule has 0 aromatic rings. The van der Waals surface area contributed by atoms with E-state index in [-0.39, 0.29) is 0 Å². The Hall–Kier alpha value is -3.18. The molecule has 0 aromatic carbocycles. The van der Waals surface area contributed by atoms with E-state index in [1.165, 1.54) is 0 Å². The number of carbonyl (C=O) groups excluding carboxylic acids is 6. The summed E-state index contributed by atoms with van der Waals surface area (Å²) >= 11 is 0. The molecule has 3 atom stereocenters. The van der Waals surface area contributed by atoms with Gasteiger partial charge in [-0.25, -0.2) is 0 Å². The second kappa shape index (κ2) is 12.3. The van der Waals surface area contributed by atoms with E-state index in [9.17, 15) is 28.8 Å². The zero-order valence-corrected chi connectivity index (χ0v) is 16.9. The SMILES string of the molecule is CC(=O)OCC(OC(C)=O)C(OC(C)=O)C(OC(C)=O)C(OC(C)=O)OC(C)=O. The Morgan fingerprint density at radius 3 is 1.24 bits per heavy atom. The van der Waals surface area contributed by atoms with E-state index in [1.54, 1.807) is 0 Å². The van der Waals surface area contributed by atoms with Crippen LogP contribution in [-0.4, -0.2) is 67.0 Å². The minimum Gasteiger partial charge on any atom is -0.462 e. The second-order valence-electron chi connectivity index (χ2n) is 5.69. The Kier molecular flexibility index (Phi) is 11.0. The van der Waals surface area contributed by atoms with Crippen LogP contribution >= 0.6 is 0 Å². The van der Waals surface area contributed by atoms with Gasteiger partial charge >= 0.3 is 35.8 Å². The first-order valence-electron chi connectivity index (χ1n) is 8.32. The van der Waals surface area contributed by atoms with Gasteiger partial charge in [-0.15, -0.1) is 0 Å². The van der Waals surface area contributed by atoms with E-state index in [0.717, 1.165) is 41.5 Å². The van der Waals surface area contributed by atoms with E-state index < -0.39 is 67.0 Å². The van der Waals surface area contributed by atoms with Gasteiger partial charge in [0, 0.05) is 41.5 Å². The molecular weight excluding hydrogens is 396 g/mol. The topological polar surface area (TPSA) is 158 Å². The van der Waals surface area contributed by atoms with Crippen LogP contribution in [0.5, 0.6) is 0 Å². The first-order valence-corrected chi connectivity index (χ1v) is 8.32. The average Bonchev–Trinajstić information content (AvgIpc) is 2.52. The van der Waals surface area contributed by atoms with Crippen molar-refractivity contribution in [3.63, 3.8) is 0 Å². The molecule has 0 heterocycles. The number of rotatable bonds is 10. The van der Waals surface area contributed by atoms with Crippen molar-refractivity contribution >= 4 is 35.8 Å². The fourth-order valence-electron chi connectivity index (χ4n) is 2.11. The van der Waals surface area contributed by atoms with Crippen LogP contribution in [0.4, 0.5) is 0 Å². The smallest absolute Gasteiger partial charge is 0.305 e. The summed E-state index contributed by atoms with van der Waals surface area (Å²) < 4.78 is 29.7. The van der Waals surface area contributed by atoms with Crippen LogP contribution in [0.25, 0.3) is 0 Å². The Morgan fingerprint density at radius 1 is 0.517 bits per heavy atom. The van der Waals surface area contributed by atoms with Gasteiger partial charge in [-0.05, 0) is 0 Å². The van der Waals surface area contributed by atoms with Crippen LogP contribution < -0.4 is 0 Å². The maximum atomic E-state index is 11.6. The molecule has 0 bridgehead atoms. The van der Waals surface area contributed by atoms with E-state index in [4.69, 9.17) is 28.4 Å². The lowest BCUT2D eigenvalue weighted by atomic mass is 10.1. The van der Waals surface area contributed by atoms with Gasteiger partial charge in [0.1, 0.15) is 6.61 Å². The summed E-state index contributed by atoms with van der Waals surface area (Å²) in [5, 5.41) is 0. The molecule has 0 aliphatic heterocycles. The van der Waals surface area contributed by atoms with Crippen molar-refractivity contribution in [3.05, 3.63) is 0 Å². The van der Waals surface area contributed by atoms with Crippen molar-refractivity contribution in [2.75, 3.05) is 6.61 Å². The van der Waals surface area contributed by atoms with E-state index in [0.29, 0.717) is 0 Å². The third-order valence-electron chi connectivity index (χ3n) is 2.90. The molecule has 0 rings (SSSR count). The van der Waals surface area contributed by atoms with Crippen LogP contribution in [0.3, 0.4) is 0 Å². The summed E-state index contributed by atoms with van der Waals surface area (Å²) in [6.45, 7) is 5.48. The summed E-state index contributed by atoms with van der Waals surface area (Å²) in [4.78, 5) is 68.7. The lowest BCUT2D eigenvalue weighted by Crippen LogP contribution is -2.54. The Balaban J connectivity index is 6.20. The number of hydrogen-bond acceptors (Lipinski definition) is 12. The molecule has 0 spiro atoms. The molecule has 0 saturated heterocycles. The van der Waals surface area contributed by atoms with Gasteiger partial charge in [0.05, 0.1) is 0 Å². The van der Waals surface area contributed by atoms with Crippen LogP contribution in [0.1, 0.15) is 41.5 Å². The van der Waals surface area contributed by atoms with Crippen LogP contribution in [-0.2, 0) is 57.2 Å². The van der Waals surface area contributed by atoms with Gasteiger partial charge in [0.15, 0.2) is 12.2 Å². The Bertz CT molecular complexity index is 624. The highest BCUT2D eigenvalue weighted by Crippen LogP contribution is 2.21. The minimum atomic E-state index is -1.85. The number of carbonyl (C=O) groups is 6. The Morgan fingerprint density at radius 2 is 0.897 bits per heavy atom. The normalized spacial score (nSPS) is 13.3. The minimum absolute atomic E-state index is 0.600. The molecule has 0 saturated carbocycles. The summed E-state index contributed by atoms with van der Waals surface area (Å²) in [5.41, 5.74) is 0. The largest absolute Gasteiger partial charge is 0.462 e. The van der Waals surface area contributed by atoms with Gasteiger partial charge in [-0.2, -0.15) is 0 Å². The predicted octanol–water partition coefficient (Wildman–Crippen LogP) is -0.203. The fraction of sp³-hybridized carbons (Fsp3) is 0.647. The third-order valence-corrected chi connectivity index (χ3v) is 2.90. The average molecular weight is 420 g/mol. The molecule has 0 fully saturated rings. The standard InChI is InChI=1S/C17H24O12/c1-8(18)24-7-14(25-9(2)19)15(26-10(3)20)16(27-11(4)21)17(28-12(5)22)29-13(6)23/h14-17H,7H2,1-6H3. The van der Waals surface area contributed by atoms with Crippen molar-refractivity contribution in [3.8, 4) is 0 Å². The monoisotopic (exact) mass is 420 g/mol. The molecule has 0 radical (unpaired) electrons. The van der Waals surface area contributed by atoms with Gasteiger partial charge in [-0.3, -0.25) is 28.8 Å². The summed E-state index contributed by atoms with van der Waals surface area (Å²) in [7, 11) is 0. The molecule has 0 aliphatic carbocycles. The Labute approximate surface area is 166 Å². The molecule has 0 aliphatic rings. The van der Waals surface area contributed by atoms with E-state index >= 15 is 0 Å². The van der Waals surface area contributed by atoms with Crippen molar-refractivity contribution in [2.45, 2.75) is 66.1 Å². The molecule has 0 amide bonds. The van der Waals surface area contributed by atoms with Crippen molar-refractivity contribution in [1.82, 2.24) is 0 Å². The highest BCUT2D eigenvalue weighted by molar-refractivity contribution is 5.70. The maximum Gasteiger partial charge on any atom is 0.305 e. The quantitative estimate of drug-likeness (QED) is 0.261. The van der Waals surface area contributed by atoms with E-state index in [2.05, 4.69) is 0 Å². The van der Waals surface area contributed by atoms with Crippen molar-refractivity contribution in [1.29, 1.82) is 0 Å². The highest BCUT2D eigenvalue weighted by atomic mass is 16.7. The first-order chi connectivity index (χ1) is 13.3. The number of esters is 6. The highest BCUT2D eigenvalue weighted by Gasteiger charge is 2.45. The summed E-state index contributed by atoms with van der Waals surface area (Å²) in [6.07, 6.45) is -6.75.